The minimum Gasteiger partial charge on any atom is -0.345 e. The molecular formula is C15H18ClN3O3S. The molecule has 0 aliphatic rings. The zero-order valence-corrected chi connectivity index (χ0v) is 14.6. The van der Waals surface area contributed by atoms with Crippen LogP contribution < -0.4 is 4.72 Å². The average Bonchev–Trinajstić information content (AvgIpc) is 2.89. The van der Waals surface area contributed by atoms with Gasteiger partial charge in [-0.3, -0.25) is 4.79 Å². The predicted octanol–water partition coefficient (Wildman–Crippen LogP) is 1.86. The highest BCUT2D eigenvalue weighted by Gasteiger charge is 2.21. The molecule has 2 aromatic rings. The van der Waals surface area contributed by atoms with E-state index in [0.29, 0.717) is 17.3 Å². The number of benzene rings is 1. The van der Waals surface area contributed by atoms with E-state index in [4.69, 9.17) is 11.6 Å². The molecule has 0 atom stereocenters. The molecule has 1 aromatic carbocycles. The van der Waals surface area contributed by atoms with E-state index in [9.17, 15) is 13.2 Å². The number of carbonyl (C=O) groups excluding carboxylic acids is 1. The fraction of sp³-hybridized carbons (Fsp3) is 0.267. The Bertz CT molecular complexity index is 830. The van der Waals surface area contributed by atoms with E-state index in [-0.39, 0.29) is 10.8 Å². The van der Waals surface area contributed by atoms with E-state index >= 15 is 0 Å². The Morgan fingerprint density at radius 1 is 1.35 bits per heavy atom. The van der Waals surface area contributed by atoms with E-state index in [1.165, 1.54) is 28.8 Å². The standard InChI is InChI=1S/C15H18ClN3O3S/c1-17-23(21,22)13-8-14(18(2)10-13)15(20)19(3)9-11-5-4-6-12(16)7-11/h4-8,10,17H,9H2,1-3H3. The van der Waals surface area contributed by atoms with Crippen molar-refractivity contribution in [2.45, 2.75) is 11.4 Å². The summed E-state index contributed by atoms with van der Waals surface area (Å²) in [7, 11) is 1.04. The van der Waals surface area contributed by atoms with Crippen LogP contribution in [0.25, 0.3) is 0 Å². The fourth-order valence-electron chi connectivity index (χ4n) is 2.19. The first-order chi connectivity index (χ1) is 10.7. The smallest absolute Gasteiger partial charge is 0.270 e. The molecule has 0 spiro atoms. The zero-order chi connectivity index (χ0) is 17.2. The molecule has 0 radical (unpaired) electrons. The van der Waals surface area contributed by atoms with E-state index in [0.717, 1.165) is 5.56 Å². The lowest BCUT2D eigenvalue weighted by molar-refractivity contribution is 0.0775. The third kappa shape index (κ3) is 3.93. The molecule has 0 unspecified atom stereocenters. The SMILES string of the molecule is CNS(=O)(=O)c1cc(C(=O)N(C)Cc2cccc(Cl)c2)n(C)c1. The maximum Gasteiger partial charge on any atom is 0.270 e. The molecule has 124 valence electrons. The van der Waals surface area contributed by atoms with Crippen molar-refractivity contribution < 1.29 is 13.2 Å². The Morgan fingerprint density at radius 3 is 2.65 bits per heavy atom. The van der Waals surface area contributed by atoms with E-state index in [1.54, 1.807) is 26.2 Å². The molecular weight excluding hydrogens is 338 g/mol. The van der Waals surface area contributed by atoms with Gasteiger partial charge < -0.3 is 9.47 Å². The second-order valence-electron chi connectivity index (χ2n) is 5.17. The lowest BCUT2D eigenvalue weighted by Crippen LogP contribution is -2.27. The summed E-state index contributed by atoms with van der Waals surface area (Å²) < 4.78 is 27.4. The molecule has 0 saturated carbocycles. The third-order valence-electron chi connectivity index (χ3n) is 3.43. The van der Waals surface area contributed by atoms with Crippen molar-refractivity contribution in [1.82, 2.24) is 14.2 Å². The van der Waals surface area contributed by atoms with Crippen molar-refractivity contribution in [2.24, 2.45) is 7.05 Å². The lowest BCUT2D eigenvalue weighted by atomic mass is 10.2. The highest BCUT2D eigenvalue weighted by atomic mass is 35.5. The van der Waals surface area contributed by atoms with Crippen LogP contribution in [0.4, 0.5) is 0 Å². The number of halogens is 1. The summed E-state index contributed by atoms with van der Waals surface area (Å²) in [6, 6.07) is 8.60. The number of rotatable bonds is 5. The zero-order valence-electron chi connectivity index (χ0n) is 13.1. The van der Waals surface area contributed by atoms with Crippen molar-refractivity contribution in [3.63, 3.8) is 0 Å². The topological polar surface area (TPSA) is 71.4 Å². The Balaban J connectivity index is 2.23. The molecule has 0 saturated heterocycles. The van der Waals surface area contributed by atoms with Gasteiger partial charge in [0.1, 0.15) is 10.6 Å². The fourth-order valence-corrected chi connectivity index (χ4v) is 3.20. The summed E-state index contributed by atoms with van der Waals surface area (Å²) >= 11 is 5.94. The second kappa shape index (κ2) is 6.74. The molecule has 0 aliphatic carbocycles. The summed E-state index contributed by atoms with van der Waals surface area (Å²) in [5.74, 6) is -0.273. The largest absolute Gasteiger partial charge is 0.345 e. The Morgan fingerprint density at radius 2 is 2.04 bits per heavy atom. The first-order valence-electron chi connectivity index (χ1n) is 6.84. The van der Waals surface area contributed by atoms with E-state index in [2.05, 4.69) is 4.72 Å². The molecule has 8 heteroatoms. The monoisotopic (exact) mass is 355 g/mol. The molecule has 0 bridgehead atoms. The third-order valence-corrected chi connectivity index (χ3v) is 5.05. The molecule has 1 heterocycles. The van der Waals surface area contributed by atoms with Gasteiger partial charge in [-0.1, -0.05) is 23.7 Å². The minimum absolute atomic E-state index is 0.0574. The highest BCUT2D eigenvalue weighted by Crippen LogP contribution is 2.17. The van der Waals surface area contributed by atoms with Crippen LogP contribution >= 0.6 is 11.6 Å². The minimum atomic E-state index is -3.58. The molecule has 2 rings (SSSR count). The maximum atomic E-state index is 12.5. The second-order valence-corrected chi connectivity index (χ2v) is 7.49. The molecule has 0 fully saturated rings. The summed E-state index contributed by atoms with van der Waals surface area (Å²) in [6.07, 6.45) is 1.41. The Hall–Kier alpha value is -1.83. The van der Waals surface area contributed by atoms with Crippen LogP contribution in [0.5, 0.6) is 0 Å². The number of aromatic nitrogens is 1. The number of aryl methyl sites for hydroxylation is 1. The van der Waals surface area contributed by atoms with Crippen molar-refractivity contribution >= 4 is 27.5 Å². The van der Waals surface area contributed by atoms with Gasteiger partial charge in [0.25, 0.3) is 5.91 Å². The van der Waals surface area contributed by atoms with E-state index < -0.39 is 10.0 Å². The van der Waals surface area contributed by atoms with Crippen molar-refractivity contribution in [2.75, 3.05) is 14.1 Å². The molecule has 6 nitrogen and oxygen atoms in total. The van der Waals surface area contributed by atoms with Crippen LogP contribution in [0.3, 0.4) is 0 Å². The summed E-state index contributed by atoms with van der Waals surface area (Å²) in [5, 5.41) is 0.601. The van der Waals surface area contributed by atoms with Crippen LogP contribution in [-0.2, 0) is 23.6 Å². The number of nitrogens with zero attached hydrogens (tertiary/aromatic N) is 2. The van der Waals surface area contributed by atoms with Crippen LogP contribution in [-0.4, -0.2) is 37.9 Å². The van der Waals surface area contributed by atoms with Crippen molar-refractivity contribution in [3.8, 4) is 0 Å². The van der Waals surface area contributed by atoms with Crippen LogP contribution in [0, 0.1) is 0 Å². The van der Waals surface area contributed by atoms with Gasteiger partial charge in [0.05, 0.1) is 0 Å². The molecule has 23 heavy (non-hydrogen) atoms. The quantitative estimate of drug-likeness (QED) is 0.889. The van der Waals surface area contributed by atoms with Gasteiger partial charge in [-0.2, -0.15) is 0 Å². The van der Waals surface area contributed by atoms with Crippen molar-refractivity contribution in [1.29, 1.82) is 0 Å². The number of hydrogen-bond acceptors (Lipinski definition) is 3. The van der Waals surface area contributed by atoms with Gasteiger partial charge in [-0.05, 0) is 30.8 Å². The van der Waals surface area contributed by atoms with E-state index in [1.807, 2.05) is 12.1 Å². The van der Waals surface area contributed by atoms with Crippen LogP contribution in [0.15, 0.2) is 41.4 Å². The summed E-state index contributed by atoms with van der Waals surface area (Å²) in [4.78, 5) is 14.1. The maximum absolute atomic E-state index is 12.5. The Labute approximate surface area is 140 Å². The number of sulfonamides is 1. The molecule has 1 amide bonds. The lowest BCUT2D eigenvalue weighted by Gasteiger charge is -2.17. The first-order valence-corrected chi connectivity index (χ1v) is 8.70. The number of carbonyl (C=O) groups is 1. The average molecular weight is 356 g/mol. The first kappa shape index (κ1) is 17.5. The summed E-state index contributed by atoms with van der Waals surface area (Å²) in [6.45, 7) is 0.374. The van der Waals surface area contributed by atoms with Gasteiger partial charge in [0.2, 0.25) is 10.0 Å². The van der Waals surface area contributed by atoms with Gasteiger partial charge in [-0.15, -0.1) is 0 Å². The predicted molar refractivity (Wildman–Crippen MR) is 88.9 cm³/mol. The normalized spacial score (nSPS) is 11.5. The number of hydrogen-bond donors (Lipinski definition) is 1. The van der Waals surface area contributed by atoms with Crippen LogP contribution in [0.2, 0.25) is 5.02 Å². The Kier molecular flexibility index (Phi) is 5.13. The summed E-state index contributed by atoms with van der Waals surface area (Å²) in [5.41, 5.74) is 1.19. The molecule has 0 aliphatic heterocycles. The van der Waals surface area contributed by atoms with Crippen molar-refractivity contribution in [3.05, 3.63) is 52.8 Å². The van der Waals surface area contributed by atoms with Gasteiger partial charge in [-0.25, -0.2) is 13.1 Å². The van der Waals surface area contributed by atoms with Gasteiger partial charge in [0.15, 0.2) is 0 Å². The highest BCUT2D eigenvalue weighted by molar-refractivity contribution is 7.89. The molecule has 1 aromatic heterocycles. The van der Waals surface area contributed by atoms with Gasteiger partial charge in [0, 0.05) is 31.9 Å². The number of nitrogens with one attached hydrogen (secondary N) is 1. The molecule has 1 N–H and O–H groups in total. The van der Waals surface area contributed by atoms with Crippen LogP contribution in [0.1, 0.15) is 16.1 Å². The number of amides is 1. The van der Waals surface area contributed by atoms with Gasteiger partial charge >= 0.3 is 0 Å².